The minimum Gasteiger partial charge on any atom is -0.315 e. The molecule has 1 unspecified atom stereocenters. The number of rotatable bonds is 2. The van der Waals surface area contributed by atoms with E-state index >= 15 is 0 Å². The SMILES string of the molecule is Cc1c(-c2ccc(Cl)cc2)cnn1C1CCNC1. The fraction of sp³-hybridized carbons (Fsp3) is 0.357. The lowest BCUT2D eigenvalue weighted by Gasteiger charge is -2.12. The third-order valence-electron chi connectivity index (χ3n) is 3.58. The van der Waals surface area contributed by atoms with E-state index in [4.69, 9.17) is 11.6 Å². The van der Waals surface area contributed by atoms with Crippen LogP contribution in [0.5, 0.6) is 0 Å². The van der Waals surface area contributed by atoms with Gasteiger partial charge in [-0.25, -0.2) is 0 Å². The molecule has 0 saturated carbocycles. The molecule has 94 valence electrons. The van der Waals surface area contributed by atoms with Gasteiger partial charge in [-0.05, 0) is 37.6 Å². The maximum atomic E-state index is 5.92. The molecule has 1 N–H and O–H groups in total. The van der Waals surface area contributed by atoms with Crippen molar-refractivity contribution in [3.8, 4) is 11.1 Å². The fourth-order valence-corrected chi connectivity index (χ4v) is 2.68. The Morgan fingerprint density at radius 1 is 1.33 bits per heavy atom. The van der Waals surface area contributed by atoms with Gasteiger partial charge in [-0.3, -0.25) is 4.68 Å². The van der Waals surface area contributed by atoms with Crippen LogP contribution in [0.4, 0.5) is 0 Å². The van der Waals surface area contributed by atoms with Crippen molar-refractivity contribution in [1.82, 2.24) is 15.1 Å². The maximum absolute atomic E-state index is 5.92. The molecule has 4 heteroatoms. The molecule has 1 aliphatic heterocycles. The highest BCUT2D eigenvalue weighted by molar-refractivity contribution is 6.30. The van der Waals surface area contributed by atoms with Crippen molar-refractivity contribution in [1.29, 1.82) is 0 Å². The van der Waals surface area contributed by atoms with Gasteiger partial charge in [0.25, 0.3) is 0 Å². The van der Waals surface area contributed by atoms with Gasteiger partial charge in [-0.15, -0.1) is 0 Å². The quantitative estimate of drug-likeness (QED) is 0.901. The average molecular weight is 262 g/mol. The Balaban J connectivity index is 1.96. The van der Waals surface area contributed by atoms with E-state index in [0.717, 1.165) is 24.5 Å². The van der Waals surface area contributed by atoms with Crippen LogP contribution in [-0.4, -0.2) is 22.9 Å². The zero-order valence-electron chi connectivity index (χ0n) is 10.4. The summed E-state index contributed by atoms with van der Waals surface area (Å²) in [5, 5.41) is 8.68. The Morgan fingerprint density at radius 2 is 2.11 bits per heavy atom. The van der Waals surface area contributed by atoms with Gasteiger partial charge in [-0.2, -0.15) is 5.10 Å². The largest absolute Gasteiger partial charge is 0.315 e. The van der Waals surface area contributed by atoms with Crippen molar-refractivity contribution in [2.75, 3.05) is 13.1 Å². The summed E-state index contributed by atoms with van der Waals surface area (Å²) in [6.45, 7) is 4.23. The zero-order chi connectivity index (χ0) is 12.5. The molecule has 0 spiro atoms. The third-order valence-corrected chi connectivity index (χ3v) is 3.83. The van der Waals surface area contributed by atoms with Crippen molar-refractivity contribution >= 4 is 11.6 Å². The molecule has 1 aromatic heterocycles. The summed E-state index contributed by atoms with van der Waals surface area (Å²) in [5.41, 5.74) is 3.60. The number of hydrogen-bond acceptors (Lipinski definition) is 2. The first kappa shape index (κ1) is 11.8. The summed E-state index contributed by atoms with van der Waals surface area (Å²) in [5.74, 6) is 0. The van der Waals surface area contributed by atoms with Gasteiger partial charge < -0.3 is 5.32 Å². The number of hydrogen-bond donors (Lipinski definition) is 1. The highest BCUT2D eigenvalue weighted by Crippen LogP contribution is 2.27. The molecule has 0 bridgehead atoms. The third kappa shape index (κ3) is 2.04. The van der Waals surface area contributed by atoms with E-state index in [-0.39, 0.29) is 0 Å². The second-order valence-corrected chi connectivity index (χ2v) is 5.18. The summed E-state index contributed by atoms with van der Waals surface area (Å²) in [7, 11) is 0. The lowest BCUT2D eigenvalue weighted by molar-refractivity contribution is 0.480. The Bertz CT molecular complexity index is 539. The summed E-state index contributed by atoms with van der Waals surface area (Å²) in [6, 6.07) is 8.43. The van der Waals surface area contributed by atoms with Crippen molar-refractivity contribution < 1.29 is 0 Å². The van der Waals surface area contributed by atoms with Crippen molar-refractivity contribution in [2.24, 2.45) is 0 Å². The molecule has 0 amide bonds. The predicted molar refractivity (Wildman–Crippen MR) is 73.9 cm³/mol. The molecule has 18 heavy (non-hydrogen) atoms. The van der Waals surface area contributed by atoms with Crippen molar-refractivity contribution in [3.05, 3.63) is 41.2 Å². The van der Waals surface area contributed by atoms with Gasteiger partial charge in [0.1, 0.15) is 0 Å². The van der Waals surface area contributed by atoms with E-state index in [9.17, 15) is 0 Å². The second-order valence-electron chi connectivity index (χ2n) is 4.74. The molecule has 0 radical (unpaired) electrons. The molecule has 1 aliphatic rings. The van der Waals surface area contributed by atoms with Crippen molar-refractivity contribution in [3.63, 3.8) is 0 Å². The molecule has 1 atom stereocenters. The Morgan fingerprint density at radius 3 is 2.78 bits per heavy atom. The minimum atomic E-state index is 0.492. The second kappa shape index (κ2) is 4.75. The van der Waals surface area contributed by atoms with Crippen LogP contribution in [0.15, 0.2) is 30.5 Å². The Kier molecular flexibility index (Phi) is 3.10. The first-order chi connectivity index (χ1) is 8.75. The number of halogens is 1. The first-order valence-electron chi connectivity index (χ1n) is 6.26. The highest BCUT2D eigenvalue weighted by Gasteiger charge is 2.20. The Labute approximate surface area is 112 Å². The van der Waals surface area contributed by atoms with Gasteiger partial charge in [0.05, 0.1) is 12.2 Å². The summed E-state index contributed by atoms with van der Waals surface area (Å²) >= 11 is 5.92. The van der Waals surface area contributed by atoms with Crippen LogP contribution in [0.3, 0.4) is 0 Å². The van der Waals surface area contributed by atoms with Gasteiger partial charge in [0.2, 0.25) is 0 Å². The minimum absolute atomic E-state index is 0.492. The number of nitrogens with zero attached hydrogens (tertiary/aromatic N) is 2. The van der Waals surface area contributed by atoms with Gasteiger partial charge in [-0.1, -0.05) is 23.7 Å². The van der Waals surface area contributed by atoms with Crippen LogP contribution < -0.4 is 5.32 Å². The maximum Gasteiger partial charge on any atom is 0.0658 e. The molecule has 0 aliphatic carbocycles. The normalized spacial score (nSPS) is 19.3. The molecular weight excluding hydrogens is 246 g/mol. The van der Waals surface area contributed by atoms with E-state index in [0.29, 0.717) is 6.04 Å². The highest BCUT2D eigenvalue weighted by atomic mass is 35.5. The summed E-state index contributed by atoms with van der Waals surface area (Å²) in [6.07, 6.45) is 3.11. The van der Waals surface area contributed by atoms with E-state index < -0.39 is 0 Å². The van der Waals surface area contributed by atoms with Gasteiger partial charge >= 0.3 is 0 Å². The molecule has 1 fully saturated rings. The monoisotopic (exact) mass is 261 g/mol. The van der Waals surface area contributed by atoms with Crippen LogP contribution in [0.25, 0.3) is 11.1 Å². The number of nitrogens with one attached hydrogen (secondary N) is 1. The van der Waals surface area contributed by atoms with Crippen LogP contribution in [-0.2, 0) is 0 Å². The molecule has 2 heterocycles. The van der Waals surface area contributed by atoms with Crippen LogP contribution in [0.2, 0.25) is 5.02 Å². The predicted octanol–water partition coefficient (Wildman–Crippen LogP) is 3.05. The molecule has 2 aromatic rings. The smallest absolute Gasteiger partial charge is 0.0658 e. The van der Waals surface area contributed by atoms with Crippen LogP contribution >= 0.6 is 11.6 Å². The molecule has 1 aromatic carbocycles. The van der Waals surface area contributed by atoms with Gasteiger partial charge in [0.15, 0.2) is 0 Å². The molecule has 3 rings (SSSR count). The van der Waals surface area contributed by atoms with Crippen molar-refractivity contribution in [2.45, 2.75) is 19.4 Å². The first-order valence-corrected chi connectivity index (χ1v) is 6.64. The topological polar surface area (TPSA) is 29.9 Å². The van der Waals surface area contributed by atoms with E-state index in [1.165, 1.54) is 16.8 Å². The van der Waals surface area contributed by atoms with Gasteiger partial charge in [0, 0.05) is 22.8 Å². The molecular formula is C14H16ClN3. The summed E-state index contributed by atoms with van der Waals surface area (Å²) in [4.78, 5) is 0. The number of aromatic nitrogens is 2. The summed E-state index contributed by atoms with van der Waals surface area (Å²) < 4.78 is 2.14. The Hall–Kier alpha value is -1.32. The standard InChI is InChI=1S/C14H16ClN3/c1-10-14(11-2-4-12(15)5-3-11)9-17-18(10)13-6-7-16-8-13/h2-5,9,13,16H,6-8H2,1H3. The van der Waals surface area contributed by atoms with E-state index in [2.05, 4.69) is 22.0 Å². The van der Waals surface area contributed by atoms with Crippen LogP contribution in [0, 0.1) is 6.92 Å². The lowest BCUT2D eigenvalue weighted by atomic mass is 10.1. The van der Waals surface area contributed by atoms with Crippen LogP contribution in [0.1, 0.15) is 18.2 Å². The average Bonchev–Trinajstić information content (AvgIpc) is 2.99. The fourth-order valence-electron chi connectivity index (χ4n) is 2.55. The molecule has 3 nitrogen and oxygen atoms in total. The zero-order valence-corrected chi connectivity index (χ0v) is 11.1. The van der Waals surface area contributed by atoms with E-state index in [1.54, 1.807) is 0 Å². The number of benzene rings is 1. The lowest BCUT2D eigenvalue weighted by Crippen LogP contribution is -2.15. The van der Waals surface area contributed by atoms with E-state index in [1.807, 2.05) is 30.5 Å². The molecule has 1 saturated heterocycles.